The Labute approximate surface area is 93.2 Å². The standard InChI is InChI=1S/C14H10O2/c15-14(16)12-8-6-10-4-2-1-3-9-5-7-11(12)13(9)10/h1-8,12H,(H,15,16). The van der Waals surface area contributed by atoms with Gasteiger partial charge in [-0.2, -0.15) is 0 Å². The molecular weight excluding hydrogens is 200 g/mol. The highest BCUT2D eigenvalue weighted by atomic mass is 16.4. The van der Waals surface area contributed by atoms with Crippen molar-refractivity contribution in [1.29, 1.82) is 0 Å². The first kappa shape index (κ1) is 9.16. The molecule has 0 fully saturated rings. The first-order valence-electron chi connectivity index (χ1n) is 5.20. The van der Waals surface area contributed by atoms with Crippen molar-refractivity contribution in [3.8, 4) is 11.1 Å². The molecule has 0 saturated heterocycles. The summed E-state index contributed by atoms with van der Waals surface area (Å²) in [7, 11) is 0. The van der Waals surface area contributed by atoms with Gasteiger partial charge in [-0.25, -0.2) is 0 Å². The van der Waals surface area contributed by atoms with Gasteiger partial charge in [-0.3, -0.25) is 4.79 Å². The van der Waals surface area contributed by atoms with Crippen LogP contribution in [0.1, 0.15) is 17.0 Å². The van der Waals surface area contributed by atoms with Crippen LogP contribution >= 0.6 is 0 Å². The zero-order valence-corrected chi connectivity index (χ0v) is 8.55. The van der Waals surface area contributed by atoms with Gasteiger partial charge in [-0.1, -0.05) is 48.6 Å². The minimum absolute atomic E-state index is 0.507. The third kappa shape index (κ3) is 1.16. The largest absolute Gasteiger partial charge is 0.481 e. The second-order valence-electron chi connectivity index (χ2n) is 3.97. The highest BCUT2D eigenvalue weighted by Gasteiger charge is 2.26. The van der Waals surface area contributed by atoms with E-state index in [2.05, 4.69) is 0 Å². The number of aliphatic carboxylic acids is 1. The molecule has 2 heteroatoms. The molecule has 0 radical (unpaired) electrons. The molecule has 0 aromatic heterocycles. The van der Waals surface area contributed by atoms with E-state index in [-0.39, 0.29) is 0 Å². The van der Waals surface area contributed by atoms with Gasteiger partial charge >= 0.3 is 5.97 Å². The number of hydrogen-bond donors (Lipinski definition) is 1. The van der Waals surface area contributed by atoms with Gasteiger partial charge in [0.2, 0.25) is 0 Å². The summed E-state index contributed by atoms with van der Waals surface area (Å²) in [5, 5.41) is 9.15. The Morgan fingerprint density at radius 2 is 1.94 bits per heavy atom. The lowest BCUT2D eigenvalue weighted by Gasteiger charge is -2.15. The molecule has 78 valence electrons. The minimum atomic E-state index is -0.791. The van der Waals surface area contributed by atoms with Gasteiger partial charge in [0, 0.05) is 0 Å². The molecule has 0 saturated carbocycles. The molecule has 0 aromatic carbocycles. The van der Waals surface area contributed by atoms with Crippen molar-refractivity contribution in [1.82, 2.24) is 0 Å². The maximum atomic E-state index is 11.1. The summed E-state index contributed by atoms with van der Waals surface area (Å²) in [6, 6.07) is 11.9. The second kappa shape index (κ2) is 3.20. The Bertz CT molecular complexity index is 569. The van der Waals surface area contributed by atoms with Crippen molar-refractivity contribution in [3.63, 3.8) is 0 Å². The Kier molecular flexibility index (Phi) is 1.83. The molecule has 0 amide bonds. The highest BCUT2D eigenvalue weighted by molar-refractivity contribution is 5.91. The van der Waals surface area contributed by atoms with E-state index in [4.69, 9.17) is 5.11 Å². The average Bonchev–Trinajstić information content (AvgIpc) is 2.56. The molecule has 0 bridgehead atoms. The number of carbonyl (C=O) groups is 1. The summed E-state index contributed by atoms with van der Waals surface area (Å²) >= 11 is 0. The summed E-state index contributed by atoms with van der Waals surface area (Å²) in [6.45, 7) is 0. The van der Waals surface area contributed by atoms with Crippen molar-refractivity contribution in [2.75, 3.05) is 0 Å². The van der Waals surface area contributed by atoms with Gasteiger partial charge in [0.25, 0.3) is 0 Å². The van der Waals surface area contributed by atoms with Gasteiger partial charge in [-0.05, 0) is 22.3 Å². The lowest BCUT2D eigenvalue weighted by molar-refractivity contribution is -0.137. The zero-order chi connectivity index (χ0) is 11.1. The van der Waals surface area contributed by atoms with Gasteiger partial charge in [0.05, 0.1) is 0 Å². The summed E-state index contributed by atoms with van der Waals surface area (Å²) in [6.07, 6.45) is 3.65. The van der Waals surface area contributed by atoms with E-state index in [0.29, 0.717) is 0 Å². The Balaban J connectivity index is 2.31. The molecule has 1 N–H and O–H groups in total. The Morgan fingerprint density at radius 1 is 1.12 bits per heavy atom. The molecule has 0 aromatic rings. The maximum absolute atomic E-state index is 11.1. The lowest BCUT2D eigenvalue weighted by atomic mass is 9.89. The fourth-order valence-corrected chi connectivity index (χ4v) is 2.30. The van der Waals surface area contributed by atoms with E-state index in [1.165, 1.54) is 0 Å². The molecular formula is C14H10O2. The van der Waals surface area contributed by atoms with Crippen LogP contribution < -0.4 is 0 Å². The molecule has 16 heavy (non-hydrogen) atoms. The summed E-state index contributed by atoms with van der Waals surface area (Å²) in [5.41, 5.74) is 4.17. The van der Waals surface area contributed by atoms with Crippen molar-refractivity contribution in [2.45, 2.75) is 5.92 Å². The highest BCUT2D eigenvalue weighted by Crippen LogP contribution is 2.39. The molecule has 0 aliphatic heterocycles. The zero-order valence-electron chi connectivity index (χ0n) is 8.55. The van der Waals surface area contributed by atoms with Crippen molar-refractivity contribution < 1.29 is 9.90 Å². The Morgan fingerprint density at radius 3 is 2.75 bits per heavy atom. The van der Waals surface area contributed by atoms with Crippen LogP contribution in [0.5, 0.6) is 0 Å². The third-order valence-electron chi connectivity index (χ3n) is 3.04. The van der Waals surface area contributed by atoms with E-state index in [1.54, 1.807) is 6.08 Å². The number of rotatable bonds is 1. The van der Waals surface area contributed by atoms with E-state index in [0.717, 1.165) is 22.3 Å². The van der Waals surface area contributed by atoms with Crippen molar-refractivity contribution in [3.05, 3.63) is 53.6 Å². The second-order valence-corrected chi connectivity index (χ2v) is 3.97. The monoisotopic (exact) mass is 210 g/mol. The fourth-order valence-electron chi connectivity index (χ4n) is 2.30. The van der Waals surface area contributed by atoms with Crippen LogP contribution in [0.3, 0.4) is 0 Å². The van der Waals surface area contributed by atoms with Crippen molar-refractivity contribution in [2.24, 2.45) is 0 Å². The van der Waals surface area contributed by atoms with Gasteiger partial charge in [0.15, 0.2) is 0 Å². The fraction of sp³-hybridized carbons (Fsp3) is 0.0714. The van der Waals surface area contributed by atoms with E-state index < -0.39 is 11.9 Å². The van der Waals surface area contributed by atoms with E-state index >= 15 is 0 Å². The quantitative estimate of drug-likeness (QED) is 0.785. The molecule has 1 unspecified atom stereocenters. The van der Waals surface area contributed by atoms with E-state index in [9.17, 15) is 4.79 Å². The van der Waals surface area contributed by atoms with E-state index in [1.807, 2.05) is 42.5 Å². The van der Waals surface area contributed by atoms with Gasteiger partial charge in [0.1, 0.15) is 5.92 Å². The smallest absolute Gasteiger partial charge is 0.314 e. The van der Waals surface area contributed by atoms with Crippen LogP contribution in [0.15, 0.2) is 42.5 Å². The number of carboxylic acids is 1. The summed E-state index contributed by atoms with van der Waals surface area (Å²) in [4.78, 5) is 11.1. The topological polar surface area (TPSA) is 37.3 Å². The minimum Gasteiger partial charge on any atom is -0.481 e. The Hall–Kier alpha value is -2.09. The van der Waals surface area contributed by atoms with Crippen molar-refractivity contribution >= 4 is 12.0 Å². The molecule has 0 spiro atoms. The van der Waals surface area contributed by atoms with Crippen LogP contribution in [0, 0.1) is 0 Å². The first-order valence-corrected chi connectivity index (χ1v) is 5.20. The molecule has 3 rings (SSSR count). The normalized spacial score (nSPS) is 17.6. The predicted molar refractivity (Wildman–Crippen MR) is 62.5 cm³/mol. The lowest BCUT2D eigenvalue weighted by Crippen LogP contribution is -2.11. The van der Waals surface area contributed by atoms with Crippen LogP contribution in [0.2, 0.25) is 0 Å². The number of carboxylic acid groups (broad SMARTS) is 1. The molecule has 3 aliphatic carbocycles. The summed E-state index contributed by atoms with van der Waals surface area (Å²) in [5.74, 6) is -1.30. The summed E-state index contributed by atoms with van der Waals surface area (Å²) < 4.78 is 0. The maximum Gasteiger partial charge on any atom is 0.314 e. The number of hydrogen-bond acceptors (Lipinski definition) is 1. The van der Waals surface area contributed by atoms with Crippen LogP contribution in [-0.2, 0) is 4.79 Å². The van der Waals surface area contributed by atoms with Crippen LogP contribution in [0.4, 0.5) is 0 Å². The molecule has 2 nitrogen and oxygen atoms in total. The predicted octanol–water partition coefficient (Wildman–Crippen LogP) is 2.99. The molecule has 1 atom stereocenters. The first-order chi connectivity index (χ1) is 7.77. The van der Waals surface area contributed by atoms with Gasteiger partial charge < -0.3 is 5.11 Å². The van der Waals surface area contributed by atoms with Gasteiger partial charge in [-0.15, -0.1) is 0 Å². The average molecular weight is 210 g/mol. The third-order valence-corrected chi connectivity index (χ3v) is 3.04. The van der Waals surface area contributed by atoms with Crippen LogP contribution in [0.25, 0.3) is 17.2 Å². The van der Waals surface area contributed by atoms with Crippen LogP contribution in [-0.4, -0.2) is 11.1 Å². The molecule has 0 heterocycles. The molecule has 3 aliphatic rings. The SMILES string of the molecule is O=C(O)C1C=Cc2ccccc3ccc1c2-3.